The number of aryl methyl sites for hydroxylation is 3. The highest BCUT2D eigenvalue weighted by Gasteiger charge is 2.19. The first-order valence-electron chi connectivity index (χ1n) is 12.9. The third-order valence-electron chi connectivity index (χ3n) is 6.68. The average molecular weight is 580 g/mol. The number of nitrogens with zero attached hydrogens (tertiary/aromatic N) is 5. The van der Waals surface area contributed by atoms with Crippen molar-refractivity contribution in [3.05, 3.63) is 123 Å². The lowest BCUT2D eigenvalue weighted by atomic mass is 10.1. The molecule has 2 N–H and O–H groups in total. The maximum Gasteiger partial charge on any atom is 0.267 e. The Hall–Kier alpha value is -4.61. The van der Waals surface area contributed by atoms with E-state index in [1.54, 1.807) is 16.8 Å². The molecule has 0 aliphatic carbocycles. The number of benzene rings is 2. The quantitative estimate of drug-likeness (QED) is 0.148. The van der Waals surface area contributed by atoms with E-state index in [0.29, 0.717) is 29.4 Å². The first-order valence-corrected chi connectivity index (χ1v) is 14.7. The van der Waals surface area contributed by atoms with Gasteiger partial charge in [-0.3, -0.25) is 24.7 Å². The van der Waals surface area contributed by atoms with Gasteiger partial charge in [-0.05, 0) is 42.2 Å². The van der Waals surface area contributed by atoms with Gasteiger partial charge in [0, 0.05) is 18.5 Å². The second kappa shape index (κ2) is 11.5. The van der Waals surface area contributed by atoms with Crippen LogP contribution in [0.15, 0.2) is 94.2 Å². The number of thioether (sulfide) groups is 1. The van der Waals surface area contributed by atoms with Crippen molar-refractivity contribution in [1.29, 1.82) is 5.41 Å². The van der Waals surface area contributed by atoms with Gasteiger partial charge in [0.05, 0.1) is 10.9 Å². The summed E-state index contributed by atoms with van der Waals surface area (Å²) in [5.74, 6) is 0.200. The van der Waals surface area contributed by atoms with Crippen LogP contribution < -0.4 is 16.4 Å². The SMILES string of the molecule is Cc1cccn2c(=O)c3cc(C(=O)Nc4nnc(SCc5ccccc5)s4)c(=N)n(CCc4ccccc4)c3nc12. The third kappa shape index (κ3) is 5.54. The fourth-order valence-electron chi connectivity index (χ4n) is 4.58. The summed E-state index contributed by atoms with van der Waals surface area (Å²) in [5.41, 5.74) is 3.70. The molecular weight excluding hydrogens is 555 g/mol. The molecule has 41 heavy (non-hydrogen) atoms. The Morgan fingerprint density at radius 2 is 1.71 bits per heavy atom. The summed E-state index contributed by atoms with van der Waals surface area (Å²) in [5, 5.41) is 20.7. The van der Waals surface area contributed by atoms with E-state index in [1.807, 2.05) is 73.7 Å². The van der Waals surface area contributed by atoms with Gasteiger partial charge < -0.3 is 4.57 Å². The first-order chi connectivity index (χ1) is 20.0. The van der Waals surface area contributed by atoms with E-state index in [2.05, 4.69) is 15.5 Å². The van der Waals surface area contributed by atoms with Crippen LogP contribution >= 0.6 is 23.1 Å². The fourth-order valence-corrected chi connectivity index (χ4v) is 6.28. The number of amides is 1. The van der Waals surface area contributed by atoms with Gasteiger partial charge in [-0.15, -0.1) is 10.2 Å². The molecule has 0 saturated heterocycles. The Labute approximate surface area is 243 Å². The number of anilines is 1. The van der Waals surface area contributed by atoms with Crippen molar-refractivity contribution >= 4 is 50.8 Å². The lowest BCUT2D eigenvalue weighted by molar-refractivity contribution is 0.102. The van der Waals surface area contributed by atoms with Crippen LogP contribution in [-0.2, 0) is 18.7 Å². The maximum absolute atomic E-state index is 13.6. The van der Waals surface area contributed by atoms with Crippen LogP contribution in [0, 0.1) is 12.3 Å². The van der Waals surface area contributed by atoms with E-state index in [4.69, 9.17) is 10.4 Å². The molecule has 11 heteroatoms. The van der Waals surface area contributed by atoms with E-state index < -0.39 is 5.91 Å². The molecular formula is C30H25N7O2S2. The van der Waals surface area contributed by atoms with Gasteiger partial charge in [-0.25, -0.2) is 4.98 Å². The lowest BCUT2D eigenvalue weighted by Gasteiger charge is -2.15. The lowest BCUT2D eigenvalue weighted by Crippen LogP contribution is -2.32. The first kappa shape index (κ1) is 26.6. The van der Waals surface area contributed by atoms with Crippen LogP contribution in [0.3, 0.4) is 0 Å². The highest BCUT2D eigenvalue weighted by atomic mass is 32.2. The highest BCUT2D eigenvalue weighted by molar-refractivity contribution is 8.00. The second-order valence-corrected chi connectivity index (χ2v) is 11.6. The number of carbonyl (C=O) groups is 1. The Bertz CT molecular complexity index is 2000. The van der Waals surface area contributed by atoms with Gasteiger partial charge in [0.2, 0.25) is 5.13 Å². The minimum atomic E-state index is -0.533. The topological polar surface area (TPSA) is 118 Å². The van der Waals surface area contributed by atoms with Crippen LogP contribution in [0.25, 0.3) is 16.7 Å². The Kier molecular flexibility index (Phi) is 7.45. The molecule has 0 atom stereocenters. The molecule has 0 radical (unpaired) electrons. The summed E-state index contributed by atoms with van der Waals surface area (Å²) in [6, 6.07) is 25.0. The monoisotopic (exact) mass is 579 g/mol. The molecule has 9 nitrogen and oxygen atoms in total. The number of pyridine rings is 2. The smallest absolute Gasteiger partial charge is 0.267 e. The molecule has 0 spiro atoms. The summed E-state index contributed by atoms with van der Waals surface area (Å²) in [7, 11) is 0. The minimum absolute atomic E-state index is 0.0287. The van der Waals surface area contributed by atoms with Crippen molar-refractivity contribution in [2.45, 2.75) is 30.0 Å². The van der Waals surface area contributed by atoms with E-state index in [0.717, 1.165) is 26.8 Å². The Morgan fingerprint density at radius 1 is 0.976 bits per heavy atom. The van der Waals surface area contributed by atoms with Crippen molar-refractivity contribution in [1.82, 2.24) is 24.1 Å². The third-order valence-corrected chi connectivity index (χ3v) is 8.72. The van der Waals surface area contributed by atoms with E-state index in [1.165, 1.54) is 33.6 Å². The van der Waals surface area contributed by atoms with Gasteiger partial charge in [-0.2, -0.15) is 0 Å². The summed E-state index contributed by atoms with van der Waals surface area (Å²) in [4.78, 5) is 31.9. The van der Waals surface area contributed by atoms with Crippen molar-refractivity contribution in [3.63, 3.8) is 0 Å². The summed E-state index contributed by atoms with van der Waals surface area (Å²) in [6.45, 7) is 2.26. The highest BCUT2D eigenvalue weighted by Crippen LogP contribution is 2.28. The average Bonchev–Trinajstić information content (AvgIpc) is 3.44. The molecule has 0 aliphatic heterocycles. The van der Waals surface area contributed by atoms with Crippen molar-refractivity contribution in [2.24, 2.45) is 0 Å². The van der Waals surface area contributed by atoms with Gasteiger partial charge in [0.1, 0.15) is 16.8 Å². The van der Waals surface area contributed by atoms with Gasteiger partial charge in [0.25, 0.3) is 11.5 Å². The number of nitrogens with one attached hydrogen (secondary N) is 2. The Balaban J connectivity index is 1.36. The van der Waals surface area contributed by atoms with Gasteiger partial charge in [-0.1, -0.05) is 89.8 Å². The molecule has 0 bridgehead atoms. The van der Waals surface area contributed by atoms with Crippen molar-refractivity contribution < 1.29 is 4.79 Å². The predicted octanol–water partition coefficient (Wildman–Crippen LogP) is 5.08. The summed E-state index contributed by atoms with van der Waals surface area (Å²) < 4.78 is 3.84. The number of fused-ring (bicyclic) bond motifs is 2. The fraction of sp³-hybridized carbons (Fsp3) is 0.133. The molecule has 0 unspecified atom stereocenters. The Morgan fingerprint density at radius 3 is 2.46 bits per heavy atom. The predicted molar refractivity (Wildman–Crippen MR) is 162 cm³/mol. The van der Waals surface area contributed by atoms with Crippen LogP contribution in [0.2, 0.25) is 0 Å². The molecule has 1 amide bonds. The molecule has 6 rings (SSSR count). The van der Waals surface area contributed by atoms with Crippen LogP contribution in [0.4, 0.5) is 5.13 Å². The number of rotatable bonds is 8. The molecule has 4 aromatic heterocycles. The van der Waals surface area contributed by atoms with E-state index >= 15 is 0 Å². The minimum Gasteiger partial charge on any atom is -0.310 e. The number of hydrogen-bond donors (Lipinski definition) is 2. The van der Waals surface area contributed by atoms with Crippen molar-refractivity contribution in [3.8, 4) is 0 Å². The number of carbonyl (C=O) groups excluding carboxylic acids is 1. The number of hydrogen-bond acceptors (Lipinski definition) is 8. The van der Waals surface area contributed by atoms with Crippen LogP contribution in [0.5, 0.6) is 0 Å². The largest absolute Gasteiger partial charge is 0.310 e. The van der Waals surface area contributed by atoms with E-state index in [-0.39, 0.29) is 22.0 Å². The molecule has 4 heterocycles. The van der Waals surface area contributed by atoms with Gasteiger partial charge >= 0.3 is 0 Å². The van der Waals surface area contributed by atoms with Crippen LogP contribution in [0.1, 0.15) is 27.0 Å². The van der Waals surface area contributed by atoms with Gasteiger partial charge in [0.15, 0.2) is 4.34 Å². The van der Waals surface area contributed by atoms with Crippen LogP contribution in [-0.4, -0.2) is 30.1 Å². The zero-order valence-electron chi connectivity index (χ0n) is 22.1. The zero-order valence-corrected chi connectivity index (χ0v) is 23.7. The summed E-state index contributed by atoms with van der Waals surface area (Å²) >= 11 is 2.80. The van der Waals surface area contributed by atoms with E-state index in [9.17, 15) is 9.59 Å². The molecule has 204 valence electrons. The second-order valence-electron chi connectivity index (χ2n) is 9.43. The molecule has 2 aromatic carbocycles. The number of aromatic nitrogens is 5. The molecule has 0 saturated carbocycles. The maximum atomic E-state index is 13.6. The molecule has 0 aliphatic rings. The summed E-state index contributed by atoms with van der Waals surface area (Å²) in [6.07, 6.45) is 2.26. The molecule has 0 fully saturated rings. The van der Waals surface area contributed by atoms with Crippen molar-refractivity contribution in [2.75, 3.05) is 5.32 Å². The normalized spacial score (nSPS) is 11.2. The standard InChI is InChI=1S/C30H25N7O2S2/c1-19-9-8-15-37-25(19)32-26-23(28(37)39)17-22(24(31)36(26)16-14-20-10-4-2-5-11-20)27(38)33-29-34-35-30(41-29)40-18-21-12-6-3-7-13-21/h2-13,15,17,31H,14,16,18H2,1H3,(H,33,34,38). The zero-order chi connectivity index (χ0) is 28.3. The molecule has 6 aromatic rings.